The zero-order valence-corrected chi connectivity index (χ0v) is 11.0. The Hall–Kier alpha value is 0.160. The molecular formula is C10H19ClN2O2S. The molecule has 4 nitrogen and oxygen atoms in total. The fourth-order valence-electron chi connectivity index (χ4n) is 2.48. The number of rotatable bonds is 4. The fourth-order valence-corrected chi connectivity index (χ4v) is 4.57. The van der Waals surface area contributed by atoms with Crippen LogP contribution in [0.5, 0.6) is 0 Å². The van der Waals surface area contributed by atoms with E-state index in [-0.39, 0.29) is 0 Å². The van der Waals surface area contributed by atoms with Crippen molar-refractivity contribution in [3.63, 3.8) is 0 Å². The van der Waals surface area contributed by atoms with Gasteiger partial charge in [-0.2, -0.15) is 17.0 Å². The Morgan fingerprint density at radius 2 is 1.81 bits per heavy atom. The number of halogens is 1. The van der Waals surface area contributed by atoms with Crippen molar-refractivity contribution in [1.29, 1.82) is 0 Å². The summed E-state index contributed by atoms with van der Waals surface area (Å²) in [6.07, 6.45) is 3.88. The molecule has 0 aromatic rings. The highest BCUT2D eigenvalue weighted by Crippen LogP contribution is 2.25. The number of hydrogen-bond acceptors (Lipinski definition) is 2. The van der Waals surface area contributed by atoms with Gasteiger partial charge in [0.25, 0.3) is 10.2 Å². The summed E-state index contributed by atoms with van der Waals surface area (Å²) in [5, 5.41) is 0. The van der Waals surface area contributed by atoms with Gasteiger partial charge in [-0.15, -0.1) is 11.6 Å². The van der Waals surface area contributed by atoms with Crippen molar-refractivity contribution < 1.29 is 8.42 Å². The van der Waals surface area contributed by atoms with Crippen molar-refractivity contribution >= 4 is 21.8 Å². The monoisotopic (exact) mass is 266 g/mol. The molecule has 2 aliphatic heterocycles. The summed E-state index contributed by atoms with van der Waals surface area (Å²) in [6.45, 7) is 2.71. The lowest BCUT2D eigenvalue weighted by atomic mass is 10.1. The predicted molar refractivity (Wildman–Crippen MR) is 64.7 cm³/mol. The van der Waals surface area contributed by atoms with E-state index >= 15 is 0 Å². The van der Waals surface area contributed by atoms with Crippen molar-refractivity contribution in [2.75, 3.05) is 32.1 Å². The Bertz CT molecular complexity index is 328. The van der Waals surface area contributed by atoms with Gasteiger partial charge in [0.2, 0.25) is 0 Å². The quantitative estimate of drug-likeness (QED) is 0.720. The third kappa shape index (κ3) is 2.53. The lowest BCUT2D eigenvalue weighted by Crippen LogP contribution is -2.41. The third-order valence-electron chi connectivity index (χ3n) is 3.48. The average Bonchev–Trinajstić information content (AvgIpc) is 2.88. The van der Waals surface area contributed by atoms with Crippen molar-refractivity contribution in [2.24, 2.45) is 5.92 Å². The van der Waals surface area contributed by atoms with Crippen molar-refractivity contribution in [3.05, 3.63) is 0 Å². The highest BCUT2D eigenvalue weighted by atomic mass is 35.5. The van der Waals surface area contributed by atoms with Crippen LogP contribution in [-0.2, 0) is 10.2 Å². The van der Waals surface area contributed by atoms with Crippen LogP contribution in [0.1, 0.15) is 25.7 Å². The third-order valence-corrected chi connectivity index (χ3v) is 5.70. The van der Waals surface area contributed by atoms with E-state index in [1.54, 1.807) is 8.61 Å². The Balaban J connectivity index is 1.97. The number of alkyl halides is 1. The minimum atomic E-state index is -3.17. The van der Waals surface area contributed by atoms with E-state index in [4.69, 9.17) is 11.6 Å². The van der Waals surface area contributed by atoms with Crippen molar-refractivity contribution in [3.8, 4) is 0 Å². The zero-order valence-electron chi connectivity index (χ0n) is 9.44. The summed E-state index contributed by atoms with van der Waals surface area (Å²) in [6, 6.07) is 0. The van der Waals surface area contributed by atoms with Crippen molar-refractivity contribution in [1.82, 2.24) is 8.61 Å². The molecule has 2 rings (SSSR count). The Morgan fingerprint density at radius 1 is 1.12 bits per heavy atom. The van der Waals surface area contributed by atoms with Gasteiger partial charge in [-0.25, -0.2) is 0 Å². The Morgan fingerprint density at radius 3 is 2.44 bits per heavy atom. The van der Waals surface area contributed by atoms with E-state index in [1.165, 1.54) is 0 Å². The van der Waals surface area contributed by atoms with Gasteiger partial charge < -0.3 is 0 Å². The second kappa shape index (κ2) is 5.21. The number of hydrogen-bond donors (Lipinski definition) is 0. The topological polar surface area (TPSA) is 40.6 Å². The maximum Gasteiger partial charge on any atom is 0.281 e. The zero-order chi connectivity index (χ0) is 11.6. The van der Waals surface area contributed by atoms with E-state index in [0.717, 1.165) is 25.7 Å². The van der Waals surface area contributed by atoms with Crippen LogP contribution in [0.25, 0.3) is 0 Å². The van der Waals surface area contributed by atoms with Gasteiger partial charge in [-0.05, 0) is 31.6 Å². The van der Waals surface area contributed by atoms with Crippen LogP contribution in [0.2, 0.25) is 0 Å². The molecule has 0 N–H and O–H groups in total. The molecule has 0 spiro atoms. The van der Waals surface area contributed by atoms with E-state index in [9.17, 15) is 8.42 Å². The van der Waals surface area contributed by atoms with Crippen LogP contribution < -0.4 is 0 Å². The SMILES string of the molecule is O=S(=O)(N1CCCC1)N1CCC(CCCl)C1. The first-order chi connectivity index (χ1) is 7.64. The van der Waals surface area contributed by atoms with E-state index < -0.39 is 10.2 Å². The molecule has 94 valence electrons. The largest absolute Gasteiger partial charge is 0.281 e. The highest BCUT2D eigenvalue weighted by molar-refractivity contribution is 7.86. The lowest BCUT2D eigenvalue weighted by Gasteiger charge is -2.23. The van der Waals surface area contributed by atoms with Gasteiger partial charge in [0, 0.05) is 32.1 Å². The molecular weight excluding hydrogens is 248 g/mol. The minimum absolute atomic E-state index is 0.454. The lowest BCUT2D eigenvalue weighted by molar-refractivity contribution is 0.388. The van der Waals surface area contributed by atoms with Crippen LogP contribution >= 0.6 is 11.6 Å². The second-order valence-electron chi connectivity index (χ2n) is 4.60. The maximum absolute atomic E-state index is 12.2. The smallest absolute Gasteiger partial charge is 0.195 e. The molecule has 2 fully saturated rings. The van der Waals surface area contributed by atoms with E-state index in [1.807, 2.05) is 0 Å². The Kier molecular flexibility index (Phi) is 4.11. The molecule has 16 heavy (non-hydrogen) atoms. The summed E-state index contributed by atoms with van der Waals surface area (Å²) in [5.74, 6) is 1.08. The van der Waals surface area contributed by atoms with Crippen LogP contribution in [0.3, 0.4) is 0 Å². The molecule has 2 aliphatic rings. The van der Waals surface area contributed by atoms with Crippen LogP contribution in [0, 0.1) is 5.92 Å². The minimum Gasteiger partial charge on any atom is -0.195 e. The van der Waals surface area contributed by atoms with Crippen LogP contribution in [-0.4, -0.2) is 49.1 Å². The van der Waals surface area contributed by atoms with Crippen LogP contribution in [0.4, 0.5) is 0 Å². The molecule has 0 bridgehead atoms. The molecule has 0 aliphatic carbocycles. The van der Waals surface area contributed by atoms with Gasteiger partial charge in [-0.3, -0.25) is 0 Å². The molecule has 0 saturated carbocycles. The van der Waals surface area contributed by atoms with Crippen molar-refractivity contribution in [2.45, 2.75) is 25.7 Å². The maximum atomic E-state index is 12.2. The molecule has 0 aromatic heterocycles. The summed E-state index contributed by atoms with van der Waals surface area (Å²) in [4.78, 5) is 0. The molecule has 2 saturated heterocycles. The standard InChI is InChI=1S/C10H19ClN2O2S/c11-5-3-10-4-8-13(9-10)16(14,15)12-6-1-2-7-12/h10H,1-9H2. The fraction of sp³-hybridized carbons (Fsp3) is 1.00. The summed E-state index contributed by atoms with van der Waals surface area (Å²) in [5.41, 5.74) is 0. The van der Waals surface area contributed by atoms with Gasteiger partial charge in [0.15, 0.2) is 0 Å². The molecule has 0 aromatic carbocycles. The first-order valence-electron chi connectivity index (χ1n) is 5.96. The van der Waals surface area contributed by atoms with Gasteiger partial charge in [0.05, 0.1) is 0 Å². The normalized spacial score (nSPS) is 28.9. The van der Waals surface area contributed by atoms with Gasteiger partial charge in [0.1, 0.15) is 0 Å². The Labute approximate surface area is 103 Å². The van der Waals surface area contributed by atoms with E-state index in [0.29, 0.717) is 38.0 Å². The predicted octanol–water partition coefficient (Wildman–Crippen LogP) is 1.28. The summed E-state index contributed by atoms with van der Waals surface area (Å²) >= 11 is 5.69. The molecule has 1 unspecified atom stereocenters. The molecule has 6 heteroatoms. The van der Waals surface area contributed by atoms with Gasteiger partial charge in [-0.1, -0.05) is 0 Å². The van der Waals surface area contributed by atoms with Crippen LogP contribution in [0.15, 0.2) is 0 Å². The number of nitrogens with zero attached hydrogens (tertiary/aromatic N) is 2. The highest BCUT2D eigenvalue weighted by Gasteiger charge is 2.36. The first kappa shape index (κ1) is 12.6. The molecule has 0 radical (unpaired) electrons. The van der Waals surface area contributed by atoms with Gasteiger partial charge >= 0.3 is 0 Å². The molecule has 1 atom stereocenters. The molecule has 0 amide bonds. The molecule has 2 heterocycles. The van der Waals surface area contributed by atoms with E-state index in [2.05, 4.69) is 0 Å². The second-order valence-corrected chi connectivity index (χ2v) is 6.91. The average molecular weight is 267 g/mol. The summed E-state index contributed by atoms with van der Waals surface area (Å²) < 4.78 is 27.7. The first-order valence-corrected chi connectivity index (χ1v) is 7.89. The summed E-state index contributed by atoms with van der Waals surface area (Å²) in [7, 11) is -3.17.